The van der Waals surface area contributed by atoms with Crippen molar-refractivity contribution in [1.29, 1.82) is 0 Å². The summed E-state index contributed by atoms with van der Waals surface area (Å²) in [5, 5.41) is 22.6. The lowest BCUT2D eigenvalue weighted by Gasteiger charge is -2.22. The SMILES string of the molecule is NC(=O)CCCCCCC(O)(O)c1ccc2ccccc2c1. The van der Waals surface area contributed by atoms with E-state index in [-0.39, 0.29) is 12.3 Å². The largest absolute Gasteiger partial charge is 0.370 e. The summed E-state index contributed by atoms with van der Waals surface area (Å²) < 4.78 is 0. The number of unbranched alkanes of at least 4 members (excludes halogenated alkanes) is 3. The van der Waals surface area contributed by atoms with Gasteiger partial charge in [-0.25, -0.2) is 0 Å². The summed E-state index contributed by atoms with van der Waals surface area (Å²) in [5.41, 5.74) is 5.60. The molecule has 4 nitrogen and oxygen atoms in total. The Balaban J connectivity index is 1.89. The number of rotatable bonds is 8. The van der Waals surface area contributed by atoms with Gasteiger partial charge in [-0.1, -0.05) is 49.2 Å². The van der Waals surface area contributed by atoms with E-state index < -0.39 is 5.79 Å². The van der Waals surface area contributed by atoms with Crippen molar-refractivity contribution >= 4 is 16.7 Å². The quantitative estimate of drug-likeness (QED) is 0.518. The molecule has 0 heterocycles. The molecule has 2 rings (SSSR count). The van der Waals surface area contributed by atoms with Crippen LogP contribution in [0.5, 0.6) is 0 Å². The van der Waals surface area contributed by atoms with E-state index in [1.807, 2.05) is 36.4 Å². The van der Waals surface area contributed by atoms with Crippen LogP contribution < -0.4 is 5.73 Å². The van der Waals surface area contributed by atoms with Gasteiger partial charge in [0.05, 0.1) is 0 Å². The highest BCUT2D eigenvalue weighted by molar-refractivity contribution is 5.83. The van der Waals surface area contributed by atoms with E-state index in [0.717, 1.165) is 30.0 Å². The minimum Gasteiger partial charge on any atom is -0.370 e. The molecule has 0 aromatic heterocycles. The number of fused-ring (bicyclic) bond motifs is 1. The van der Waals surface area contributed by atoms with Crippen LogP contribution in [0.2, 0.25) is 0 Å². The van der Waals surface area contributed by atoms with Crippen LogP contribution in [0.3, 0.4) is 0 Å². The van der Waals surface area contributed by atoms with E-state index in [4.69, 9.17) is 5.73 Å². The van der Waals surface area contributed by atoms with Crippen molar-refractivity contribution < 1.29 is 15.0 Å². The standard InChI is InChI=1S/C18H23NO3/c19-17(20)9-3-1-2-6-12-18(21,22)16-11-10-14-7-4-5-8-15(14)13-16/h4-5,7-8,10-11,13,21-22H,1-3,6,9,12H2,(H2,19,20). The van der Waals surface area contributed by atoms with Crippen molar-refractivity contribution in [2.75, 3.05) is 0 Å². The minimum absolute atomic E-state index is 0.280. The number of benzene rings is 2. The summed E-state index contributed by atoms with van der Waals surface area (Å²) in [6, 6.07) is 13.3. The molecule has 0 spiro atoms. The van der Waals surface area contributed by atoms with Crippen molar-refractivity contribution in [2.45, 2.75) is 44.3 Å². The zero-order valence-corrected chi connectivity index (χ0v) is 12.7. The van der Waals surface area contributed by atoms with E-state index in [1.165, 1.54) is 0 Å². The van der Waals surface area contributed by atoms with Gasteiger partial charge < -0.3 is 15.9 Å². The van der Waals surface area contributed by atoms with Crippen molar-refractivity contribution in [3.8, 4) is 0 Å². The Labute approximate surface area is 130 Å². The van der Waals surface area contributed by atoms with E-state index in [0.29, 0.717) is 18.4 Å². The molecule has 0 aliphatic carbocycles. The van der Waals surface area contributed by atoms with E-state index in [1.54, 1.807) is 6.07 Å². The Morgan fingerprint density at radius 1 is 0.955 bits per heavy atom. The molecular weight excluding hydrogens is 278 g/mol. The molecule has 0 unspecified atom stereocenters. The number of aliphatic hydroxyl groups is 2. The number of amides is 1. The molecule has 0 fully saturated rings. The fraction of sp³-hybridized carbons (Fsp3) is 0.389. The van der Waals surface area contributed by atoms with Crippen molar-refractivity contribution in [1.82, 2.24) is 0 Å². The second-order valence-electron chi connectivity index (χ2n) is 5.76. The van der Waals surface area contributed by atoms with Crippen LogP contribution in [0, 0.1) is 0 Å². The van der Waals surface area contributed by atoms with Crippen LogP contribution >= 0.6 is 0 Å². The fourth-order valence-corrected chi connectivity index (χ4v) is 2.61. The Bertz CT molecular complexity index is 637. The van der Waals surface area contributed by atoms with Crippen molar-refractivity contribution in [2.24, 2.45) is 5.73 Å². The number of nitrogens with two attached hydrogens (primary N) is 1. The van der Waals surface area contributed by atoms with Gasteiger partial charge in [-0.05, 0) is 29.7 Å². The first-order valence-corrected chi connectivity index (χ1v) is 7.71. The number of carbonyl (C=O) groups excluding carboxylic acids is 1. The third-order valence-corrected chi connectivity index (χ3v) is 3.91. The van der Waals surface area contributed by atoms with Crippen LogP contribution in [-0.4, -0.2) is 16.1 Å². The van der Waals surface area contributed by atoms with Crippen molar-refractivity contribution in [3.05, 3.63) is 48.0 Å². The molecule has 118 valence electrons. The monoisotopic (exact) mass is 301 g/mol. The third kappa shape index (κ3) is 4.55. The first-order chi connectivity index (χ1) is 10.5. The zero-order chi connectivity index (χ0) is 16.0. The molecule has 1 amide bonds. The number of hydrogen-bond acceptors (Lipinski definition) is 3. The molecule has 0 saturated carbocycles. The van der Waals surface area contributed by atoms with Gasteiger partial charge in [0.15, 0.2) is 5.79 Å². The van der Waals surface area contributed by atoms with Crippen LogP contribution in [0.1, 0.15) is 44.1 Å². The Morgan fingerprint density at radius 3 is 2.36 bits per heavy atom. The first kappa shape index (κ1) is 16.5. The van der Waals surface area contributed by atoms with Gasteiger partial charge in [0.1, 0.15) is 0 Å². The summed E-state index contributed by atoms with van der Waals surface area (Å²) >= 11 is 0. The Morgan fingerprint density at radius 2 is 1.64 bits per heavy atom. The second-order valence-corrected chi connectivity index (χ2v) is 5.76. The maximum Gasteiger partial charge on any atom is 0.217 e. The molecule has 0 atom stereocenters. The van der Waals surface area contributed by atoms with E-state index in [2.05, 4.69) is 0 Å². The van der Waals surface area contributed by atoms with Crippen LogP contribution in [0.15, 0.2) is 42.5 Å². The average molecular weight is 301 g/mol. The highest BCUT2D eigenvalue weighted by Gasteiger charge is 2.25. The lowest BCUT2D eigenvalue weighted by atomic mass is 9.96. The van der Waals surface area contributed by atoms with E-state index in [9.17, 15) is 15.0 Å². The summed E-state index contributed by atoms with van der Waals surface area (Å²) in [7, 11) is 0. The molecule has 4 N–H and O–H groups in total. The second kappa shape index (κ2) is 7.38. The predicted octanol–water partition coefficient (Wildman–Crippen LogP) is 2.80. The molecule has 0 radical (unpaired) electrons. The molecule has 0 saturated heterocycles. The minimum atomic E-state index is -1.81. The summed E-state index contributed by atoms with van der Waals surface area (Å²) in [4.78, 5) is 10.6. The molecular formula is C18H23NO3. The third-order valence-electron chi connectivity index (χ3n) is 3.91. The highest BCUT2D eigenvalue weighted by Crippen LogP contribution is 2.27. The van der Waals surface area contributed by atoms with Gasteiger partial charge in [-0.3, -0.25) is 4.79 Å². The fourth-order valence-electron chi connectivity index (χ4n) is 2.61. The molecule has 0 aliphatic rings. The molecule has 0 bridgehead atoms. The molecule has 22 heavy (non-hydrogen) atoms. The van der Waals surface area contributed by atoms with Gasteiger partial charge in [0, 0.05) is 18.4 Å². The number of primary amides is 1. The molecule has 2 aromatic rings. The predicted molar refractivity (Wildman–Crippen MR) is 87.0 cm³/mol. The van der Waals surface area contributed by atoms with Crippen LogP contribution in [0.4, 0.5) is 0 Å². The molecule has 4 heteroatoms. The van der Waals surface area contributed by atoms with Crippen molar-refractivity contribution in [3.63, 3.8) is 0 Å². The van der Waals surface area contributed by atoms with Crippen LogP contribution in [0.25, 0.3) is 10.8 Å². The first-order valence-electron chi connectivity index (χ1n) is 7.71. The maximum atomic E-state index is 10.6. The number of hydrogen-bond donors (Lipinski definition) is 3. The van der Waals surface area contributed by atoms with Gasteiger partial charge in [0.2, 0.25) is 5.91 Å². The lowest BCUT2D eigenvalue weighted by molar-refractivity contribution is -0.175. The Hall–Kier alpha value is -1.91. The van der Waals surface area contributed by atoms with Gasteiger partial charge in [-0.2, -0.15) is 0 Å². The highest BCUT2D eigenvalue weighted by atomic mass is 16.5. The summed E-state index contributed by atoms with van der Waals surface area (Å²) in [6.45, 7) is 0. The lowest BCUT2D eigenvalue weighted by Crippen LogP contribution is -2.24. The number of carbonyl (C=O) groups is 1. The molecule has 2 aromatic carbocycles. The topological polar surface area (TPSA) is 83.6 Å². The van der Waals surface area contributed by atoms with Gasteiger partial charge in [0.25, 0.3) is 0 Å². The molecule has 0 aliphatic heterocycles. The average Bonchev–Trinajstić information content (AvgIpc) is 2.50. The summed E-state index contributed by atoms with van der Waals surface area (Å²) in [6.07, 6.45) is 3.85. The van der Waals surface area contributed by atoms with Gasteiger partial charge >= 0.3 is 0 Å². The van der Waals surface area contributed by atoms with Gasteiger partial charge in [-0.15, -0.1) is 0 Å². The smallest absolute Gasteiger partial charge is 0.217 e. The summed E-state index contributed by atoms with van der Waals surface area (Å²) in [5.74, 6) is -2.09. The zero-order valence-electron chi connectivity index (χ0n) is 12.7. The Kier molecular flexibility index (Phi) is 5.52. The normalized spacial score (nSPS) is 11.7. The maximum absolute atomic E-state index is 10.6. The van der Waals surface area contributed by atoms with Crippen LogP contribution in [-0.2, 0) is 10.6 Å². The van der Waals surface area contributed by atoms with E-state index >= 15 is 0 Å².